The molecule has 0 radical (unpaired) electrons. The number of benzene rings is 1. The Bertz CT molecular complexity index is 524. The summed E-state index contributed by atoms with van der Waals surface area (Å²) in [6, 6.07) is 5.60. The molecular weight excluding hydrogens is 248 g/mol. The molecule has 0 saturated heterocycles. The van der Waals surface area contributed by atoms with E-state index in [-0.39, 0.29) is 5.91 Å². The fourth-order valence-electron chi connectivity index (χ4n) is 1.75. The molecule has 20 heavy (non-hydrogen) atoms. The maximum absolute atomic E-state index is 12.2. The van der Waals surface area contributed by atoms with E-state index in [1.54, 1.807) is 0 Å². The Morgan fingerprint density at radius 3 is 2.65 bits per heavy atom. The van der Waals surface area contributed by atoms with E-state index in [1.807, 2.05) is 25.1 Å². The number of amides is 1. The van der Waals surface area contributed by atoms with Crippen molar-refractivity contribution in [3.05, 3.63) is 34.9 Å². The van der Waals surface area contributed by atoms with Crippen LogP contribution in [-0.2, 0) is 0 Å². The quantitative estimate of drug-likeness (QED) is 0.827. The lowest BCUT2D eigenvalue weighted by molar-refractivity contribution is 0.0944. The zero-order valence-corrected chi connectivity index (χ0v) is 12.8. The highest BCUT2D eigenvalue weighted by Gasteiger charge is 2.13. The molecule has 0 saturated carbocycles. The molecule has 108 valence electrons. The van der Waals surface area contributed by atoms with Crippen LogP contribution >= 0.6 is 0 Å². The van der Waals surface area contributed by atoms with E-state index in [2.05, 4.69) is 37.9 Å². The number of carbonyl (C=O) groups excluding carboxylic acids is 1. The van der Waals surface area contributed by atoms with Crippen LogP contribution < -0.4 is 11.1 Å². The lowest BCUT2D eigenvalue weighted by atomic mass is 9.97. The molecule has 3 heteroatoms. The van der Waals surface area contributed by atoms with Crippen molar-refractivity contribution in [2.45, 2.75) is 27.7 Å². The number of hydrogen-bond donors (Lipinski definition) is 2. The molecule has 1 unspecified atom stereocenters. The molecule has 1 aromatic carbocycles. The number of rotatable bonds is 4. The molecule has 0 aliphatic rings. The van der Waals surface area contributed by atoms with Crippen LogP contribution in [-0.4, -0.2) is 19.0 Å². The summed E-state index contributed by atoms with van der Waals surface area (Å²) in [6.45, 7) is 9.38. The van der Waals surface area contributed by atoms with Gasteiger partial charge in [0.15, 0.2) is 0 Å². The average molecular weight is 272 g/mol. The predicted molar refractivity (Wildman–Crippen MR) is 83.4 cm³/mol. The van der Waals surface area contributed by atoms with Crippen molar-refractivity contribution in [1.82, 2.24) is 5.32 Å². The molecular formula is C17H24N2O. The van der Waals surface area contributed by atoms with Crippen LogP contribution in [0, 0.1) is 30.6 Å². The summed E-state index contributed by atoms with van der Waals surface area (Å²) in [5.41, 5.74) is 7.83. The summed E-state index contributed by atoms with van der Waals surface area (Å²) >= 11 is 0. The number of nitrogens with two attached hydrogens (primary N) is 1. The van der Waals surface area contributed by atoms with Crippen molar-refractivity contribution in [1.29, 1.82) is 0 Å². The summed E-state index contributed by atoms with van der Waals surface area (Å²) in [5.74, 6) is 6.79. The zero-order chi connectivity index (χ0) is 15.1. The summed E-state index contributed by atoms with van der Waals surface area (Å²) in [6.07, 6.45) is 0. The number of nitrogens with one attached hydrogen (secondary N) is 1. The number of carbonyl (C=O) groups is 1. The highest BCUT2D eigenvalue weighted by atomic mass is 16.1. The molecule has 1 atom stereocenters. The van der Waals surface area contributed by atoms with E-state index in [9.17, 15) is 4.79 Å². The van der Waals surface area contributed by atoms with Gasteiger partial charge in [-0.25, -0.2) is 0 Å². The lowest BCUT2D eigenvalue weighted by Gasteiger charge is -2.16. The Morgan fingerprint density at radius 1 is 1.35 bits per heavy atom. The third-order valence-electron chi connectivity index (χ3n) is 3.63. The average Bonchev–Trinajstić information content (AvgIpc) is 2.43. The van der Waals surface area contributed by atoms with E-state index in [1.165, 1.54) is 0 Å². The molecule has 0 heterocycles. The first-order valence-electron chi connectivity index (χ1n) is 7.04. The van der Waals surface area contributed by atoms with Gasteiger partial charge in [-0.2, -0.15) is 0 Å². The molecule has 0 bridgehead atoms. The van der Waals surface area contributed by atoms with E-state index < -0.39 is 0 Å². The van der Waals surface area contributed by atoms with E-state index in [4.69, 9.17) is 5.73 Å². The monoisotopic (exact) mass is 272 g/mol. The van der Waals surface area contributed by atoms with Crippen molar-refractivity contribution < 1.29 is 4.79 Å². The minimum absolute atomic E-state index is 0.0357. The van der Waals surface area contributed by atoms with Gasteiger partial charge in [0.05, 0.1) is 6.54 Å². The summed E-state index contributed by atoms with van der Waals surface area (Å²) in [5, 5.41) is 2.99. The Morgan fingerprint density at radius 2 is 2.05 bits per heavy atom. The SMILES string of the molecule is Cc1c(C#CCN)cccc1C(=O)NCC(C)C(C)C. The van der Waals surface area contributed by atoms with Gasteiger partial charge in [-0.15, -0.1) is 0 Å². The summed E-state index contributed by atoms with van der Waals surface area (Å²) in [4.78, 5) is 12.2. The highest BCUT2D eigenvalue weighted by Crippen LogP contribution is 2.14. The zero-order valence-electron chi connectivity index (χ0n) is 12.8. The van der Waals surface area contributed by atoms with Gasteiger partial charge in [0.1, 0.15) is 0 Å². The van der Waals surface area contributed by atoms with Crippen molar-refractivity contribution >= 4 is 5.91 Å². The minimum atomic E-state index is -0.0357. The fourth-order valence-corrected chi connectivity index (χ4v) is 1.75. The molecule has 3 nitrogen and oxygen atoms in total. The molecule has 1 amide bonds. The van der Waals surface area contributed by atoms with Crippen molar-refractivity contribution in [2.75, 3.05) is 13.1 Å². The van der Waals surface area contributed by atoms with Crippen LogP contribution in [0.4, 0.5) is 0 Å². The maximum Gasteiger partial charge on any atom is 0.251 e. The van der Waals surface area contributed by atoms with Gasteiger partial charge in [0.2, 0.25) is 0 Å². The molecule has 1 aromatic rings. The van der Waals surface area contributed by atoms with Crippen molar-refractivity contribution in [2.24, 2.45) is 17.6 Å². The van der Waals surface area contributed by atoms with E-state index in [0.717, 1.165) is 11.1 Å². The molecule has 3 N–H and O–H groups in total. The third kappa shape index (κ3) is 4.40. The molecule has 0 aromatic heterocycles. The molecule has 1 rings (SSSR count). The van der Waals surface area contributed by atoms with Gasteiger partial charge >= 0.3 is 0 Å². The Labute approximate surface area is 121 Å². The topological polar surface area (TPSA) is 55.1 Å². The second kappa shape index (κ2) is 7.72. The Kier molecular flexibility index (Phi) is 6.27. The lowest BCUT2D eigenvalue weighted by Crippen LogP contribution is -2.30. The minimum Gasteiger partial charge on any atom is -0.352 e. The Hall–Kier alpha value is -1.79. The maximum atomic E-state index is 12.2. The van der Waals surface area contributed by atoms with Crippen molar-refractivity contribution in [3.63, 3.8) is 0 Å². The molecule has 0 aliphatic carbocycles. The first kappa shape index (κ1) is 16.3. The van der Waals surface area contributed by atoms with Gasteiger partial charge in [-0.1, -0.05) is 38.7 Å². The first-order valence-corrected chi connectivity index (χ1v) is 7.04. The van der Waals surface area contributed by atoms with Crippen LogP contribution in [0.5, 0.6) is 0 Å². The van der Waals surface area contributed by atoms with Gasteiger partial charge < -0.3 is 11.1 Å². The van der Waals surface area contributed by atoms with Crippen molar-refractivity contribution in [3.8, 4) is 11.8 Å². The van der Waals surface area contributed by atoms with Crippen LogP contribution in [0.25, 0.3) is 0 Å². The molecule has 0 spiro atoms. The molecule has 0 fully saturated rings. The van der Waals surface area contributed by atoms with E-state index in [0.29, 0.717) is 30.5 Å². The summed E-state index contributed by atoms with van der Waals surface area (Å²) in [7, 11) is 0. The summed E-state index contributed by atoms with van der Waals surface area (Å²) < 4.78 is 0. The smallest absolute Gasteiger partial charge is 0.251 e. The highest BCUT2D eigenvalue weighted by molar-refractivity contribution is 5.96. The Balaban J connectivity index is 2.83. The van der Waals surface area contributed by atoms with Gasteiger partial charge in [0.25, 0.3) is 5.91 Å². The second-order valence-corrected chi connectivity index (χ2v) is 5.42. The number of hydrogen-bond acceptors (Lipinski definition) is 2. The molecule has 0 aliphatic heterocycles. The standard InChI is InChI=1S/C17H24N2O/c1-12(2)13(3)11-19-17(20)16-9-5-7-15(14(16)4)8-6-10-18/h5,7,9,12-13H,10-11,18H2,1-4H3,(H,19,20). The third-order valence-corrected chi connectivity index (χ3v) is 3.63. The van der Waals surface area contributed by atoms with Crippen LogP contribution in [0.15, 0.2) is 18.2 Å². The fraction of sp³-hybridized carbons (Fsp3) is 0.471. The van der Waals surface area contributed by atoms with Crippen LogP contribution in [0.3, 0.4) is 0 Å². The first-order chi connectivity index (χ1) is 9.47. The predicted octanol–water partition coefficient (Wildman–Crippen LogP) is 2.33. The second-order valence-electron chi connectivity index (χ2n) is 5.42. The van der Waals surface area contributed by atoms with Crippen LogP contribution in [0.1, 0.15) is 42.3 Å². The largest absolute Gasteiger partial charge is 0.352 e. The van der Waals surface area contributed by atoms with Gasteiger partial charge in [-0.3, -0.25) is 4.79 Å². The normalized spacial score (nSPS) is 11.7. The van der Waals surface area contributed by atoms with Gasteiger partial charge in [-0.05, 0) is 36.5 Å². The van der Waals surface area contributed by atoms with Gasteiger partial charge in [0, 0.05) is 17.7 Å². The van der Waals surface area contributed by atoms with E-state index >= 15 is 0 Å². The van der Waals surface area contributed by atoms with Crippen LogP contribution in [0.2, 0.25) is 0 Å².